The molecule has 0 aromatic heterocycles. The van der Waals surface area contributed by atoms with Gasteiger partial charge in [0.1, 0.15) is 12.3 Å². The summed E-state index contributed by atoms with van der Waals surface area (Å²) < 4.78 is 10.3. The van der Waals surface area contributed by atoms with E-state index in [0.717, 1.165) is 10.5 Å². The highest BCUT2D eigenvalue weighted by Crippen LogP contribution is 2.52. The molecule has 3 amide bonds. The Balaban J connectivity index is 1.36. The molecule has 0 spiro atoms. The molecule has 0 heterocycles. The second kappa shape index (κ2) is 16.9. The van der Waals surface area contributed by atoms with Crippen molar-refractivity contribution in [3.63, 3.8) is 0 Å². The lowest BCUT2D eigenvalue weighted by Gasteiger charge is -2.52. The van der Waals surface area contributed by atoms with E-state index >= 15 is 0 Å². The second-order valence-corrected chi connectivity index (χ2v) is 16.9. The lowest BCUT2D eigenvalue weighted by Crippen LogP contribution is -2.74. The number of aliphatic hydroxyl groups is 1. The number of anilines is 2. The number of esters is 1. The van der Waals surface area contributed by atoms with Gasteiger partial charge in [0, 0.05) is 32.2 Å². The van der Waals surface area contributed by atoms with Crippen LogP contribution in [0, 0.1) is 23.7 Å². The molecule has 2 aromatic carbocycles. The first-order chi connectivity index (χ1) is 27.6. The first kappa shape index (κ1) is 44.4. The molecular weight excluding hydrogens is 766 g/mol. The number of hydrogen-bond acceptors (Lipinski definition) is 14. The number of hydrogen-bond donors (Lipinski definition) is 4. The molecule has 3 aliphatic rings. The topological polar surface area (TPSA) is 243 Å². The maximum atomic E-state index is 14.4. The number of Topliss-reactive ketones (excluding diaryl/α,β-unsaturated/α-hetero) is 4. The van der Waals surface area contributed by atoms with Crippen LogP contribution < -0.4 is 16.0 Å². The van der Waals surface area contributed by atoms with Crippen LogP contribution in [0.4, 0.5) is 16.2 Å². The Labute approximate surface area is 342 Å². The van der Waals surface area contributed by atoms with Crippen molar-refractivity contribution >= 4 is 58.4 Å². The maximum Gasteiger partial charge on any atom is 0.413 e. The largest absolute Gasteiger partial charge is 0.505 e. The SMILES string of the molecule is CCCCN(CC(=O)Nc1cc(N(C)C)c2c(c1O)C(=O)C1C(=O)[C@]3(O)C(=O)C(C(N)=O)C(=O)[C@@H](N(C)C)[C@@H]3C[C@@H]1C2)C(=O)OCOC(=O)c1ccc(C(C)(C)C)cc1. The number of aromatic hydroxyl groups is 1. The molecule has 318 valence electrons. The summed E-state index contributed by atoms with van der Waals surface area (Å²) in [7, 11) is 6.34. The summed E-state index contributed by atoms with van der Waals surface area (Å²) in [5, 5.41) is 26.0. The lowest BCUT2D eigenvalue weighted by molar-refractivity contribution is -0.181. The van der Waals surface area contributed by atoms with Crippen molar-refractivity contribution in [2.45, 2.75) is 70.4 Å². The van der Waals surface area contributed by atoms with Crippen LogP contribution in [0.25, 0.3) is 0 Å². The summed E-state index contributed by atoms with van der Waals surface area (Å²) in [6.45, 7) is 6.79. The normalized spacial score (nSPS) is 23.8. The number of benzene rings is 2. The molecule has 2 fully saturated rings. The van der Waals surface area contributed by atoms with E-state index in [4.69, 9.17) is 15.2 Å². The minimum Gasteiger partial charge on any atom is -0.505 e. The standard InChI is InChI=1S/C42H53N5O12/c1-9-10-15-47(40(56)59-20-58-39(55)21-11-13-23(14-12-21)41(2,3)4)19-28(48)44-26-18-27(45(5)6)24-16-22-17-25-32(46(7)8)35(51)31(38(43)54)37(53)42(25,57)36(52)29(22)34(50)30(24)33(26)49/h11-14,18,22,25,29,31-32,49,57H,9-10,15-17,19-20H2,1-8H3,(H2,43,54)(H,44,48)/t22-,25-,29?,31?,32-,42-/m0/s1. The number of nitrogens with one attached hydrogen (secondary N) is 1. The van der Waals surface area contributed by atoms with Gasteiger partial charge in [-0.1, -0.05) is 46.2 Å². The fourth-order valence-corrected chi connectivity index (χ4v) is 8.51. The van der Waals surface area contributed by atoms with E-state index in [1.54, 1.807) is 31.1 Å². The van der Waals surface area contributed by atoms with Gasteiger partial charge in [-0.15, -0.1) is 0 Å². The van der Waals surface area contributed by atoms with Crippen molar-refractivity contribution < 1.29 is 58.0 Å². The summed E-state index contributed by atoms with van der Waals surface area (Å²) in [4.78, 5) is 111. The van der Waals surface area contributed by atoms with Gasteiger partial charge in [-0.25, -0.2) is 9.59 Å². The van der Waals surface area contributed by atoms with Crippen molar-refractivity contribution in [2.24, 2.45) is 29.4 Å². The number of carbonyl (C=O) groups excluding carboxylic acids is 8. The zero-order valence-corrected chi connectivity index (χ0v) is 34.6. The van der Waals surface area contributed by atoms with Crippen molar-refractivity contribution in [2.75, 3.05) is 58.3 Å². The number of ether oxygens (including phenoxy) is 2. The van der Waals surface area contributed by atoms with Gasteiger partial charge < -0.3 is 35.6 Å². The molecule has 0 bridgehead atoms. The predicted molar refractivity (Wildman–Crippen MR) is 213 cm³/mol. The van der Waals surface area contributed by atoms with Gasteiger partial charge >= 0.3 is 12.1 Å². The van der Waals surface area contributed by atoms with E-state index in [0.29, 0.717) is 24.1 Å². The number of amides is 3. The van der Waals surface area contributed by atoms with Crippen LogP contribution >= 0.6 is 0 Å². The van der Waals surface area contributed by atoms with E-state index in [1.165, 1.54) is 25.1 Å². The quantitative estimate of drug-likeness (QED) is 0.104. The minimum atomic E-state index is -2.89. The van der Waals surface area contributed by atoms with Crippen molar-refractivity contribution in [1.82, 2.24) is 9.80 Å². The molecule has 5 N–H and O–H groups in total. The molecule has 5 rings (SSSR count). The number of ketones is 4. The molecule has 0 aliphatic heterocycles. The van der Waals surface area contributed by atoms with Gasteiger partial charge in [0.2, 0.25) is 18.6 Å². The first-order valence-corrected chi connectivity index (χ1v) is 19.5. The number of nitrogens with two attached hydrogens (primary N) is 1. The summed E-state index contributed by atoms with van der Waals surface area (Å²) >= 11 is 0. The number of primary amides is 1. The highest BCUT2D eigenvalue weighted by atomic mass is 16.7. The Morgan fingerprint density at radius 2 is 1.63 bits per heavy atom. The highest BCUT2D eigenvalue weighted by molar-refractivity contribution is 6.32. The Morgan fingerprint density at radius 3 is 2.19 bits per heavy atom. The molecule has 2 unspecified atom stereocenters. The number of nitrogens with zero attached hydrogens (tertiary/aromatic N) is 3. The third-order valence-corrected chi connectivity index (χ3v) is 11.5. The highest BCUT2D eigenvalue weighted by Gasteiger charge is 2.69. The van der Waals surface area contributed by atoms with Crippen LogP contribution in [-0.2, 0) is 45.3 Å². The zero-order chi connectivity index (χ0) is 43.9. The third-order valence-electron chi connectivity index (χ3n) is 11.5. The average molecular weight is 820 g/mol. The number of rotatable bonds is 12. The van der Waals surface area contributed by atoms with Crippen molar-refractivity contribution in [1.29, 1.82) is 0 Å². The molecule has 17 nitrogen and oxygen atoms in total. The number of unbranched alkanes of at least 4 members (excludes halogenated alkanes) is 1. The number of likely N-dealkylation sites (N-methyl/N-ethyl adjacent to an activating group) is 1. The molecule has 2 saturated carbocycles. The van der Waals surface area contributed by atoms with Crippen LogP contribution in [0.15, 0.2) is 30.3 Å². The Morgan fingerprint density at radius 1 is 0.983 bits per heavy atom. The lowest BCUT2D eigenvalue weighted by atomic mass is 9.52. The zero-order valence-electron chi connectivity index (χ0n) is 34.6. The molecule has 2 aromatic rings. The molecular formula is C42H53N5O12. The van der Waals surface area contributed by atoms with Crippen LogP contribution in [0.5, 0.6) is 5.75 Å². The number of fused-ring (bicyclic) bond motifs is 3. The van der Waals surface area contributed by atoms with Crippen LogP contribution in [-0.4, -0.2) is 127 Å². The Bertz CT molecular complexity index is 2070. The van der Waals surface area contributed by atoms with E-state index in [1.807, 2.05) is 39.8 Å². The third kappa shape index (κ3) is 8.30. The summed E-state index contributed by atoms with van der Waals surface area (Å²) in [6.07, 6.45) is 0.0911. The fraction of sp³-hybridized carbons (Fsp3) is 0.524. The molecule has 59 heavy (non-hydrogen) atoms. The van der Waals surface area contributed by atoms with Crippen molar-refractivity contribution in [3.8, 4) is 5.75 Å². The first-order valence-electron chi connectivity index (χ1n) is 19.5. The number of phenolic OH excluding ortho intramolecular Hbond substituents is 1. The maximum absolute atomic E-state index is 14.4. The fourth-order valence-electron chi connectivity index (χ4n) is 8.51. The van der Waals surface area contributed by atoms with Gasteiger partial charge in [0.05, 0.1) is 28.8 Å². The van der Waals surface area contributed by atoms with Crippen molar-refractivity contribution in [3.05, 3.63) is 52.6 Å². The van der Waals surface area contributed by atoms with E-state index < -0.39 is 101 Å². The molecule has 0 saturated heterocycles. The molecule has 6 atom stereocenters. The molecule has 0 radical (unpaired) electrons. The van der Waals surface area contributed by atoms with E-state index in [9.17, 15) is 48.6 Å². The van der Waals surface area contributed by atoms with E-state index in [-0.39, 0.29) is 41.6 Å². The second-order valence-electron chi connectivity index (χ2n) is 16.9. The van der Waals surface area contributed by atoms with Gasteiger partial charge in [-0.2, -0.15) is 0 Å². The minimum absolute atomic E-state index is 0.0184. The van der Waals surface area contributed by atoms with Crippen LogP contribution in [0.2, 0.25) is 0 Å². The van der Waals surface area contributed by atoms with Crippen LogP contribution in [0.1, 0.15) is 78.8 Å². The van der Waals surface area contributed by atoms with Gasteiger partial charge in [-0.05, 0) is 74.0 Å². The Hall–Kier alpha value is -5.68. The van der Waals surface area contributed by atoms with Crippen LogP contribution in [0.3, 0.4) is 0 Å². The summed E-state index contributed by atoms with van der Waals surface area (Å²) in [5.41, 5.74) is 3.88. The molecule has 3 aliphatic carbocycles. The number of phenols is 1. The predicted octanol–water partition coefficient (Wildman–Crippen LogP) is 2.22. The van der Waals surface area contributed by atoms with E-state index in [2.05, 4.69) is 5.32 Å². The summed E-state index contributed by atoms with van der Waals surface area (Å²) in [5.74, 6) is -13.7. The van der Waals surface area contributed by atoms with Gasteiger partial charge in [0.15, 0.2) is 34.7 Å². The van der Waals surface area contributed by atoms with Gasteiger partial charge in [0.25, 0.3) is 0 Å². The number of carbonyl (C=O) groups is 8. The molecule has 17 heteroatoms. The van der Waals surface area contributed by atoms with Gasteiger partial charge in [-0.3, -0.25) is 38.6 Å². The Kier molecular flexibility index (Phi) is 12.7. The smallest absolute Gasteiger partial charge is 0.413 e. The summed E-state index contributed by atoms with van der Waals surface area (Å²) in [6, 6.07) is 7.04. The average Bonchev–Trinajstić information content (AvgIpc) is 3.15. The monoisotopic (exact) mass is 819 g/mol.